The van der Waals surface area contributed by atoms with Gasteiger partial charge in [0.15, 0.2) is 12.3 Å². The number of hydrogen-bond donors (Lipinski definition) is 3. The van der Waals surface area contributed by atoms with Gasteiger partial charge in [0.2, 0.25) is 0 Å². The third-order valence-corrected chi connectivity index (χ3v) is 3.98. The van der Waals surface area contributed by atoms with Gasteiger partial charge in [0, 0.05) is 5.56 Å². The third kappa shape index (κ3) is 3.29. The molecule has 0 spiro atoms. The molecule has 0 amide bonds. The summed E-state index contributed by atoms with van der Waals surface area (Å²) < 4.78 is 5.35. The number of esters is 1. The second kappa shape index (κ2) is 6.82. The lowest BCUT2D eigenvalue weighted by Crippen LogP contribution is -2.46. The number of aliphatic hydroxyl groups is 1. The molecule has 0 aliphatic carbocycles. The predicted molar refractivity (Wildman–Crippen MR) is 84.9 cm³/mol. The first kappa shape index (κ1) is 16.2. The summed E-state index contributed by atoms with van der Waals surface area (Å²) in [6, 6.07) is 14.7. The Morgan fingerprint density at radius 1 is 1.08 bits per heavy atom. The molecule has 1 aliphatic heterocycles. The van der Waals surface area contributed by atoms with Gasteiger partial charge in [0.1, 0.15) is 6.04 Å². The first-order valence-electron chi connectivity index (χ1n) is 7.56. The molecule has 0 aromatic heterocycles. The molecule has 0 saturated heterocycles. The van der Waals surface area contributed by atoms with Crippen molar-refractivity contribution in [1.29, 1.82) is 0 Å². The Morgan fingerprint density at radius 2 is 1.75 bits per heavy atom. The molecule has 3 atom stereocenters. The molecule has 2 aromatic carbocycles. The number of ether oxygens (including phenoxy) is 1. The minimum absolute atomic E-state index is 0.306. The first-order chi connectivity index (χ1) is 11.6. The monoisotopic (exact) mass is 327 g/mol. The van der Waals surface area contributed by atoms with E-state index in [9.17, 15) is 19.8 Å². The highest BCUT2D eigenvalue weighted by molar-refractivity contribution is 5.77. The zero-order valence-electron chi connectivity index (χ0n) is 12.8. The number of nitrogens with one attached hydrogen (secondary N) is 1. The maximum atomic E-state index is 12.2. The van der Waals surface area contributed by atoms with E-state index in [1.54, 1.807) is 54.6 Å². The van der Waals surface area contributed by atoms with Crippen molar-refractivity contribution in [2.75, 3.05) is 0 Å². The van der Waals surface area contributed by atoms with E-state index >= 15 is 0 Å². The molecule has 1 heterocycles. The van der Waals surface area contributed by atoms with Crippen molar-refractivity contribution in [2.45, 2.75) is 24.8 Å². The number of aliphatic hydroxyl groups excluding tert-OH is 1. The van der Waals surface area contributed by atoms with Crippen LogP contribution >= 0.6 is 0 Å². The molecule has 3 N–H and O–H groups in total. The van der Waals surface area contributed by atoms with Crippen molar-refractivity contribution in [1.82, 2.24) is 5.32 Å². The van der Waals surface area contributed by atoms with E-state index in [2.05, 4.69) is 5.32 Å². The van der Waals surface area contributed by atoms with Crippen LogP contribution in [-0.4, -0.2) is 28.2 Å². The largest absolute Gasteiger partial charge is 0.480 e. The lowest BCUT2D eigenvalue weighted by atomic mass is 9.94. The van der Waals surface area contributed by atoms with Crippen LogP contribution in [-0.2, 0) is 20.7 Å². The molecular weight excluding hydrogens is 310 g/mol. The van der Waals surface area contributed by atoms with E-state index in [0.717, 1.165) is 5.56 Å². The molecule has 0 bridgehead atoms. The van der Waals surface area contributed by atoms with Gasteiger partial charge in [-0.15, -0.1) is 0 Å². The van der Waals surface area contributed by atoms with Gasteiger partial charge in [-0.05, 0) is 17.5 Å². The van der Waals surface area contributed by atoms with Crippen LogP contribution < -0.4 is 5.32 Å². The number of hydrogen-bond acceptors (Lipinski definition) is 5. The molecule has 6 nitrogen and oxygen atoms in total. The van der Waals surface area contributed by atoms with Crippen molar-refractivity contribution >= 4 is 11.9 Å². The highest BCUT2D eigenvalue weighted by atomic mass is 16.6. The summed E-state index contributed by atoms with van der Waals surface area (Å²) in [6.07, 6.45) is -2.03. The van der Waals surface area contributed by atoms with E-state index in [0.29, 0.717) is 17.5 Å². The summed E-state index contributed by atoms with van der Waals surface area (Å²) in [5.41, 5.74) is 1.92. The fourth-order valence-corrected chi connectivity index (χ4v) is 2.74. The molecule has 3 unspecified atom stereocenters. The first-order valence-corrected chi connectivity index (χ1v) is 7.56. The SMILES string of the molecule is O=C(O)C1Cc2ccccc2C(OC(=O)C(O)c2ccccc2)N1. The highest BCUT2D eigenvalue weighted by Crippen LogP contribution is 2.28. The van der Waals surface area contributed by atoms with Gasteiger partial charge in [-0.25, -0.2) is 4.79 Å². The molecule has 0 radical (unpaired) electrons. The Labute approximate surface area is 138 Å². The van der Waals surface area contributed by atoms with Gasteiger partial charge < -0.3 is 14.9 Å². The van der Waals surface area contributed by atoms with Crippen molar-refractivity contribution in [2.24, 2.45) is 0 Å². The summed E-state index contributed by atoms with van der Waals surface area (Å²) in [4.78, 5) is 23.5. The molecule has 6 heteroatoms. The molecular formula is C18H17NO5. The second-order valence-corrected chi connectivity index (χ2v) is 5.59. The number of carboxylic acids is 1. The summed E-state index contributed by atoms with van der Waals surface area (Å²) >= 11 is 0. The maximum absolute atomic E-state index is 12.2. The number of fused-ring (bicyclic) bond motifs is 1. The Hall–Kier alpha value is -2.70. The molecule has 24 heavy (non-hydrogen) atoms. The van der Waals surface area contributed by atoms with Crippen LogP contribution in [0.15, 0.2) is 54.6 Å². The van der Waals surface area contributed by atoms with Crippen LogP contribution in [0.2, 0.25) is 0 Å². The Balaban J connectivity index is 1.80. The average Bonchev–Trinajstić information content (AvgIpc) is 2.61. The van der Waals surface area contributed by atoms with Crippen molar-refractivity contribution in [3.05, 3.63) is 71.3 Å². The topological polar surface area (TPSA) is 95.9 Å². The minimum atomic E-state index is -1.43. The van der Waals surface area contributed by atoms with E-state index < -0.39 is 30.3 Å². The fraction of sp³-hybridized carbons (Fsp3) is 0.222. The van der Waals surface area contributed by atoms with Crippen LogP contribution in [0.1, 0.15) is 29.0 Å². The number of carbonyl (C=O) groups is 2. The standard InChI is InChI=1S/C18H17NO5/c20-15(11-6-2-1-3-7-11)18(23)24-16-13-9-5-4-8-12(13)10-14(19-16)17(21)22/h1-9,14-16,19-20H,10H2,(H,21,22). The predicted octanol–water partition coefficient (Wildman–Crippen LogP) is 1.56. The number of rotatable bonds is 4. The number of aliphatic carboxylic acids is 1. The van der Waals surface area contributed by atoms with Crippen LogP contribution in [0.5, 0.6) is 0 Å². The molecule has 0 saturated carbocycles. The molecule has 0 fully saturated rings. The van der Waals surface area contributed by atoms with E-state index in [1.165, 1.54) is 0 Å². The quantitative estimate of drug-likeness (QED) is 0.738. The van der Waals surface area contributed by atoms with E-state index in [-0.39, 0.29) is 0 Å². The smallest absolute Gasteiger partial charge is 0.341 e. The molecule has 2 aromatic rings. The van der Waals surface area contributed by atoms with E-state index in [4.69, 9.17) is 4.74 Å². The summed E-state index contributed by atoms with van der Waals surface area (Å²) in [6.45, 7) is 0. The second-order valence-electron chi connectivity index (χ2n) is 5.59. The van der Waals surface area contributed by atoms with Gasteiger partial charge in [-0.1, -0.05) is 54.6 Å². The maximum Gasteiger partial charge on any atom is 0.341 e. The number of benzene rings is 2. The molecule has 124 valence electrons. The average molecular weight is 327 g/mol. The Morgan fingerprint density at radius 3 is 2.46 bits per heavy atom. The van der Waals surface area contributed by atoms with Crippen molar-refractivity contribution in [3.8, 4) is 0 Å². The van der Waals surface area contributed by atoms with Crippen LogP contribution in [0.3, 0.4) is 0 Å². The van der Waals surface area contributed by atoms with Gasteiger partial charge in [0.25, 0.3) is 0 Å². The lowest BCUT2D eigenvalue weighted by Gasteiger charge is -2.31. The van der Waals surface area contributed by atoms with Gasteiger partial charge >= 0.3 is 11.9 Å². The van der Waals surface area contributed by atoms with Gasteiger partial charge in [-0.3, -0.25) is 10.1 Å². The number of carboxylic acid groups (broad SMARTS) is 1. The summed E-state index contributed by atoms with van der Waals surface area (Å²) in [5.74, 6) is -1.85. The van der Waals surface area contributed by atoms with Crippen LogP contribution in [0, 0.1) is 0 Å². The minimum Gasteiger partial charge on any atom is -0.480 e. The normalized spacial score (nSPS) is 20.7. The van der Waals surface area contributed by atoms with Gasteiger partial charge in [-0.2, -0.15) is 0 Å². The summed E-state index contributed by atoms with van der Waals surface area (Å²) in [5, 5.41) is 22.2. The molecule has 3 rings (SSSR count). The zero-order valence-corrected chi connectivity index (χ0v) is 12.8. The Kier molecular flexibility index (Phi) is 4.59. The van der Waals surface area contributed by atoms with Crippen LogP contribution in [0.4, 0.5) is 0 Å². The lowest BCUT2D eigenvalue weighted by molar-refractivity contribution is -0.164. The number of carbonyl (C=O) groups excluding carboxylic acids is 1. The Bertz CT molecular complexity index is 746. The highest BCUT2D eigenvalue weighted by Gasteiger charge is 2.33. The van der Waals surface area contributed by atoms with Gasteiger partial charge in [0.05, 0.1) is 0 Å². The van der Waals surface area contributed by atoms with E-state index in [1.807, 2.05) is 0 Å². The molecule has 1 aliphatic rings. The zero-order chi connectivity index (χ0) is 17.1. The third-order valence-electron chi connectivity index (χ3n) is 3.98. The fourth-order valence-electron chi connectivity index (χ4n) is 2.74. The van der Waals surface area contributed by atoms with Crippen molar-refractivity contribution < 1.29 is 24.5 Å². The van der Waals surface area contributed by atoms with Crippen molar-refractivity contribution in [3.63, 3.8) is 0 Å². The van der Waals surface area contributed by atoms with Crippen LogP contribution in [0.25, 0.3) is 0 Å². The summed E-state index contributed by atoms with van der Waals surface area (Å²) in [7, 11) is 0.